The van der Waals surface area contributed by atoms with Gasteiger partial charge in [0.05, 0.1) is 6.20 Å². The number of benzene rings is 3. The van der Waals surface area contributed by atoms with Crippen LogP contribution in [0.3, 0.4) is 0 Å². The fourth-order valence-corrected chi connectivity index (χ4v) is 4.07. The summed E-state index contributed by atoms with van der Waals surface area (Å²) in [6.07, 6.45) is 2.80. The van der Waals surface area contributed by atoms with E-state index in [1.54, 1.807) is 6.20 Å². The highest BCUT2D eigenvalue weighted by molar-refractivity contribution is 6.32. The van der Waals surface area contributed by atoms with Crippen molar-refractivity contribution >= 4 is 57.1 Å². The Kier molecular flexibility index (Phi) is 8.91. The zero-order chi connectivity index (χ0) is 27.1. The number of fused-ring (bicyclic) bond motifs is 1. The predicted molar refractivity (Wildman–Crippen MR) is 158 cm³/mol. The van der Waals surface area contributed by atoms with Gasteiger partial charge in [-0.25, -0.2) is 4.98 Å². The minimum atomic E-state index is -0.279. The molecule has 8 nitrogen and oxygen atoms in total. The molecule has 0 saturated carbocycles. The number of aromatic nitrogens is 2. The van der Waals surface area contributed by atoms with Crippen LogP contribution >= 0.6 is 11.6 Å². The van der Waals surface area contributed by atoms with Gasteiger partial charge in [0.15, 0.2) is 5.82 Å². The Morgan fingerprint density at radius 3 is 2.47 bits per heavy atom. The lowest BCUT2D eigenvalue weighted by atomic mass is 10.1. The van der Waals surface area contributed by atoms with Gasteiger partial charge in [0.2, 0.25) is 11.9 Å². The molecule has 0 saturated heterocycles. The van der Waals surface area contributed by atoms with Gasteiger partial charge >= 0.3 is 0 Å². The summed E-state index contributed by atoms with van der Waals surface area (Å²) in [6.45, 7) is 6.10. The van der Waals surface area contributed by atoms with Gasteiger partial charge in [0.1, 0.15) is 5.02 Å². The van der Waals surface area contributed by atoms with Crippen molar-refractivity contribution in [3.05, 3.63) is 90.1 Å². The summed E-state index contributed by atoms with van der Waals surface area (Å²) >= 11 is 6.42. The standard InChI is InChI=1S/C29H32ClN7O/c1-5-27(38)32-24-14-20(19-37(4)13-12-36(2)3)15-25(17-24)34-29-31-18-26(30)28(35-29)33-23-11-10-21-8-6-7-9-22(21)16-23/h5-11,14-18H,1,12-13,19H2,2-4H3,(H,32,38)(H2,31,33,34,35). The van der Waals surface area contributed by atoms with Crippen LogP contribution in [-0.4, -0.2) is 59.9 Å². The summed E-state index contributed by atoms with van der Waals surface area (Å²) < 4.78 is 0. The number of carbonyl (C=O) groups excluding carboxylic acids is 1. The molecule has 0 spiro atoms. The number of carbonyl (C=O) groups is 1. The smallest absolute Gasteiger partial charge is 0.247 e. The molecular formula is C29H32ClN7O. The number of nitrogens with one attached hydrogen (secondary N) is 3. The van der Waals surface area contributed by atoms with Gasteiger partial charge in [-0.3, -0.25) is 4.79 Å². The first kappa shape index (κ1) is 27.1. The lowest BCUT2D eigenvalue weighted by Crippen LogP contribution is -2.28. The van der Waals surface area contributed by atoms with Gasteiger partial charge in [-0.15, -0.1) is 0 Å². The van der Waals surface area contributed by atoms with E-state index in [-0.39, 0.29) is 5.91 Å². The molecule has 0 radical (unpaired) electrons. The molecular weight excluding hydrogens is 498 g/mol. The Bertz CT molecular complexity index is 1440. The van der Waals surface area contributed by atoms with Crippen molar-refractivity contribution in [3.63, 3.8) is 0 Å². The molecule has 38 heavy (non-hydrogen) atoms. The maximum absolute atomic E-state index is 12.0. The van der Waals surface area contributed by atoms with E-state index in [0.29, 0.717) is 29.0 Å². The van der Waals surface area contributed by atoms with Crippen molar-refractivity contribution in [1.29, 1.82) is 0 Å². The second kappa shape index (κ2) is 12.5. The third-order valence-corrected chi connectivity index (χ3v) is 6.12. The first-order chi connectivity index (χ1) is 18.3. The van der Waals surface area contributed by atoms with Gasteiger partial charge in [0.25, 0.3) is 0 Å². The van der Waals surface area contributed by atoms with E-state index in [9.17, 15) is 4.79 Å². The number of likely N-dealkylation sites (N-methyl/N-ethyl adjacent to an activating group) is 2. The molecule has 0 unspecified atom stereocenters. The molecule has 0 atom stereocenters. The normalized spacial score (nSPS) is 11.1. The molecule has 0 bridgehead atoms. The minimum Gasteiger partial charge on any atom is -0.339 e. The number of nitrogens with zero attached hydrogens (tertiary/aromatic N) is 4. The summed E-state index contributed by atoms with van der Waals surface area (Å²) in [5.41, 5.74) is 3.28. The Morgan fingerprint density at radius 1 is 0.947 bits per heavy atom. The molecule has 3 N–H and O–H groups in total. The highest BCUT2D eigenvalue weighted by Crippen LogP contribution is 2.28. The average molecular weight is 530 g/mol. The van der Waals surface area contributed by atoms with Crippen LogP contribution in [0.15, 0.2) is 79.5 Å². The SMILES string of the molecule is C=CC(=O)Nc1cc(CN(C)CCN(C)C)cc(Nc2ncc(Cl)c(Nc3ccc4ccccc4c3)n2)c1. The highest BCUT2D eigenvalue weighted by atomic mass is 35.5. The molecule has 1 amide bonds. The zero-order valence-electron chi connectivity index (χ0n) is 21.8. The number of amides is 1. The minimum absolute atomic E-state index is 0.279. The summed E-state index contributed by atoms with van der Waals surface area (Å²) in [5, 5.41) is 12.1. The molecule has 0 aliphatic heterocycles. The van der Waals surface area contributed by atoms with Crippen molar-refractivity contribution in [2.45, 2.75) is 6.54 Å². The van der Waals surface area contributed by atoms with Crippen LogP contribution in [0.5, 0.6) is 0 Å². The van der Waals surface area contributed by atoms with E-state index < -0.39 is 0 Å². The molecule has 196 valence electrons. The van der Waals surface area contributed by atoms with Crippen LogP contribution in [0.25, 0.3) is 10.8 Å². The van der Waals surface area contributed by atoms with Crippen LogP contribution in [0.2, 0.25) is 5.02 Å². The number of hydrogen-bond acceptors (Lipinski definition) is 7. The fraction of sp³-hybridized carbons (Fsp3) is 0.207. The largest absolute Gasteiger partial charge is 0.339 e. The molecule has 1 aromatic heterocycles. The van der Waals surface area contributed by atoms with Gasteiger partial charge in [-0.05, 0) is 73.9 Å². The molecule has 1 heterocycles. The third kappa shape index (κ3) is 7.52. The maximum atomic E-state index is 12.0. The summed E-state index contributed by atoms with van der Waals surface area (Å²) in [5.74, 6) is 0.578. The fourth-order valence-electron chi connectivity index (χ4n) is 3.93. The number of anilines is 5. The van der Waals surface area contributed by atoms with E-state index in [1.165, 1.54) is 6.08 Å². The van der Waals surface area contributed by atoms with E-state index >= 15 is 0 Å². The van der Waals surface area contributed by atoms with Crippen LogP contribution in [0, 0.1) is 0 Å². The van der Waals surface area contributed by atoms with Crippen LogP contribution in [0.1, 0.15) is 5.56 Å². The molecule has 9 heteroatoms. The molecule has 0 aliphatic rings. The third-order valence-electron chi connectivity index (χ3n) is 5.84. The summed E-state index contributed by atoms with van der Waals surface area (Å²) in [6, 6.07) is 20.0. The summed E-state index contributed by atoms with van der Waals surface area (Å²) in [4.78, 5) is 25.3. The van der Waals surface area contributed by atoms with Crippen molar-refractivity contribution in [3.8, 4) is 0 Å². The van der Waals surface area contributed by atoms with Crippen LogP contribution in [0.4, 0.5) is 28.8 Å². The van der Waals surface area contributed by atoms with Crippen molar-refractivity contribution in [2.75, 3.05) is 50.2 Å². The number of hydrogen-bond donors (Lipinski definition) is 3. The number of halogens is 1. The quantitative estimate of drug-likeness (QED) is 0.209. The molecule has 4 rings (SSSR count). The molecule has 0 fully saturated rings. The first-order valence-electron chi connectivity index (χ1n) is 12.2. The topological polar surface area (TPSA) is 85.4 Å². The monoisotopic (exact) mass is 529 g/mol. The lowest BCUT2D eigenvalue weighted by Gasteiger charge is -2.20. The Hall–Kier alpha value is -3.98. The average Bonchev–Trinajstić information content (AvgIpc) is 2.89. The van der Waals surface area contributed by atoms with Gasteiger partial charge in [0, 0.05) is 36.7 Å². The van der Waals surface area contributed by atoms with E-state index in [4.69, 9.17) is 11.6 Å². The maximum Gasteiger partial charge on any atom is 0.247 e. The van der Waals surface area contributed by atoms with E-state index in [1.807, 2.05) is 48.5 Å². The molecule has 4 aromatic rings. The highest BCUT2D eigenvalue weighted by Gasteiger charge is 2.10. The second-order valence-electron chi connectivity index (χ2n) is 9.36. The van der Waals surface area contributed by atoms with Crippen LogP contribution in [-0.2, 0) is 11.3 Å². The van der Waals surface area contributed by atoms with Gasteiger partial charge in [-0.2, -0.15) is 4.98 Å². The Balaban J connectivity index is 1.56. The van der Waals surface area contributed by atoms with E-state index in [2.05, 4.69) is 75.6 Å². The summed E-state index contributed by atoms with van der Waals surface area (Å²) in [7, 11) is 6.17. The predicted octanol–water partition coefficient (Wildman–Crippen LogP) is 5.89. The number of rotatable bonds is 11. The zero-order valence-corrected chi connectivity index (χ0v) is 22.6. The molecule has 0 aliphatic carbocycles. The Morgan fingerprint density at radius 2 is 1.71 bits per heavy atom. The van der Waals surface area contributed by atoms with Gasteiger partial charge < -0.3 is 25.8 Å². The molecule has 3 aromatic carbocycles. The Labute approximate surface area is 228 Å². The van der Waals surface area contributed by atoms with Crippen molar-refractivity contribution < 1.29 is 4.79 Å². The van der Waals surface area contributed by atoms with Crippen molar-refractivity contribution in [1.82, 2.24) is 19.8 Å². The van der Waals surface area contributed by atoms with Crippen molar-refractivity contribution in [2.24, 2.45) is 0 Å². The van der Waals surface area contributed by atoms with Gasteiger partial charge in [-0.1, -0.05) is 48.5 Å². The second-order valence-corrected chi connectivity index (χ2v) is 9.76. The van der Waals surface area contributed by atoms with Crippen LogP contribution < -0.4 is 16.0 Å². The van der Waals surface area contributed by atoms with E-state index in [0.717, 1.165) is 40.8 Å². The first-order valence-corrected chi connectivity index (χ1v) is 12.6. The lowest BCUT2D eigenvalue weighted by molar-refractivity contribution is -0.111.